The fourth-order valence-corrected chi connectivity index (χ4v) is 2.40. The van der Waals surface area contributed by atoms with Crippen LogP contribution in [0, 0.1) is 5.82 Å². The molecule has 26 heavy (non-hydrogen) atoms. The molecule has 0 aliphatic carbocycles. The number of amides is 2. The summed E-state index contributed by atoms with van der Waals surface area (Å²) in [5.74, 6) is -0.0831. The van der Waals surface area contributed by atoms with Crippen LogP contribution in [-0.4, -0.2) is 43.5 Å². The van der Waals surface area contributed by atoms with Crippen molar-refractivity contribution in [1.29, 1.82) is 0 Å². The number of nitrogens with zero attached hydrogens (tertiary/aromatic N) is 1. The van der Waals surface area contributed by atoms with E-state index < -0.39 is 0 Å². The van der Waals surface area contributed by atoms with E-state index in [1.165, 1.54) is 29.2 Å². The lowest BCUT2D eigenvalue weighted by molar-refractivity contribution is -0.130. The van der Waals surface area contributed by atoms with E-state index in [0.29, 0.717) is 24.5 Å². The van der Waals surface area contributed by atoms with E-state index in [4.69, 9.17) is 4.74 Å². The normalized spacial score (nSPS) is 10.3. The highest BCUT2D eigenvalue weighted by molar-refractivity contribution is 9.10. The molecular weight excluding hydrogens is 403 g/mol. The van der Waals surface area contributed by atoms with Crippen LogP contribution in [0.15, 0.2) is 53.0 Å². The molecule has 0 unspecified atom stereocenters. The Hall–Kier alpha value is -2.41. The van der Waals surface area contributed by atoms with Gasteiger partial charge in [0.2, 0.25) is 5.91 Å². The molecule has 0 saturated carbocycles. The molecule has 0 bridgehead atoms. The Labute approximate surface area is 160 Å². The number of benzene rings is 2. The van der Waals surface area contributed by atoms with Crippen LogP contribution < -0.4 is 10.1 Å². The van der Waals surface area contributed by atoms with Gasteiger partial charge >= 0.3 is 0 Å². The lowest BCUT2D eigenvalue weighted by atomic mass is 10.2. The molecule has 0 radical (unpaired) electrons. The molecule has 1 N–H and O–H groups in total. The maximum absolute atomic E-state index is 12.8. The maximum Gasteiger partial charge on any atom is 0.251 e. The molecule has 0 saturated heterocycles. The van der Waals surface area contributed by atoms with Gasteiger partial charge < -0.3 is 15.0 Å². The molecular formula is C19H20BrFN2O3. The molecule has 138 valence electrons. The average molecular weight is 423 g/mol. The van der Waals surface area contributed by atoms with Crippen LogP contribution in [0.3, 0.4) is 0 Å². The minimum Gasteiger partial charge on any atom is -0.492 e. The van der Waals surface area contributed by atoms with Gasteiger partial charge in [0, 0.05) is 30.0 Å². The number of carbonyl (C=O) groups excluding carboxylic acids is 2. The van der Waals surface area contributed by atoms with Gasteiger partial charge in [-0.05, 0) is 48.5 Å². The predicted molar refractivity (Wildman–Crippen MR) is 101 cm³/mol. The van der Waals surface area contributed by atoms with Crippen molar-refractivity contribution >= 4 is 27.7 Å². The largest absolute Gasteiger partial charge is 0.492 e. The lowest BCUT2D eigenvalue weighted by Crippen LogP contribution is -2.34. The van der Waals surface area contributed by atoms with Crippen molar-refractivity contribution < 1.29 is 18.7 Å². The summed E-state index contributed by atoms with van der Waals surface area (Å²) in [4.78, 5) is 25.6. The van der Waals surface area contributed by atoms with Gasteiger partial charge in [0.1, 0.15) is 18.2 Å². The second-order valence-electron chi connectivity index (χ2n) is 5.63. The van der Waals surface area contributed by atoms with Crippen LogP contribution in [-0.2, 0) is 4.79 Å². The van der Waals surface area contributed by atoms with Crippen LogP contribution in [0.5, 0.6) is 5.75 Å². The van der Waals surface area contributed by atoms with E-state index in [9.17, 15) is 14.0 Å². The fourth-order valence-electron chi connectivity index (χ4n) is 2.13. The maximum atomic E-state index is 12.8. The highest BCUT2D eigenvalue weighted by atomic mass is 79.9. The molecule has 2 aromatic rings. The molecule has 2 aromatic carbocycles. The van der Waals surface area contributed by atoms with E-state index in [1.807, 2.05) is 0 Å². The molecule has 0 heterocycles. The van der Waals surface area contributed by atoms with Crippen LogP contribution >= 0.6 is 15.9 Å². The summed E-state index contributed by atoms with van der Waals surface area (Å²) in [6, 6.07) is 12.7. The van der Waals surface area contributed by atoms with Crippen molar-refractivity contribution in [3.63, 3.8) is 0 Å². The smallest absolute Gasteiger partial charge is 0.251 e. The van der Waals surface area contributed by atoms with Gasteiger partial charge in [-0.1, -0.05) is 15.9 Å². The Morgan fingerprint density at radius 1 is 1.12 bits per heavy atom. The van der Waals surface area contributed by atoms with Crippen molar-refractivity contribution in [3.05, 3.63) is 64.4 Å². The topological polar surface area (TPSA) is 58.6 Å². The SMILES string of the molecule is CN(CCOc1ccc(F)cc1)C(=O)CCNC(=O)c1ccc(Br)cc1. The van der Waals surface area contributed by atoms with Crippen LogP contribution in [0.25, 0.3) is 0 Å². The molecule has 0 aliphatic rings. The standard InChI is InChI=1S/C19H20BrFN2O3/c1-23(12-13-26-17-8-6-16(21)7-9-17)18(24)10-11-22-19(25)14-2-4-15(20)5-3-14/h2-9H,10-13H2,1H3,(H,22,25). The summed E-state index contributed by atoms with van der Waals surface area (Å²) in [5.41, 5.74) is 0.543. The number of hydrogen-bond donors (Lipinski definition) is 1. The lowest BCUT2D eigenvalue weighted by Gasteiger charge is -2.17. The van der Waals surface area contributed by atoms with Gasteiger partial charge in [-0.3, -0.25) is 9.59 Å². The molecule has 0 atom stereocenters. The fraction of sp³-hybridized carbons (Fsp3) is 0.263. The highest BCUT2D eigenvalue weighted by Gasteiger charge is 2.10. The van der Waals surface area contributed by atoms with Gasteiger partial charge in [-0.2, -0.15) is 0 Å². The van der Waals surface area contributed by atoms with Crippen molar-refractivity contribution in [2.75, 3.05) is 26.7 Å². The number of carbonyl (C=O) groups is 2. The van der Waals surface area contributed by atoms with Gasteiger partial charge in [0.15, 0.2) is 0 Å². The molecule has 5 nitrogen and oxygen atoms in total. The third kappa shape index (κ3) is 6.48. The molecule has 0 fully saturated rings. The number of hydrogen-bond acceptors (Lipinski definition) is 3. The van der Waals surface area contributed by atoms with E-state index in [-0.39, 0.29) is 30.6 Å². The molecule has 2 rings (SSSR count). The Morgan fingerprint density at radius 2 is 1.77 bits per heavy atom. The van der Waals surface area contributed by atoms with Crippen LogP contribution in [0.2, 0.25) is 0 Å². The first-order chi connectivity index (χ1) is 12.5. The second-order valence-corrected chi connectivity index (χ2v) is 6.55. The quantitative estimate of drug-likeness (QED) is 0.710. The molecule has 2 amide bonds. The summed E-state index contributed by atoms with van der Waals surface area (Å²) in [6.45, 7) is 0.965. The Balaban J connectivity index is 1.65. The summed E-state index contributed by atoms with van der Waals surface area (Å²) in [7, 11) is 1.67. The summed E-state index contributed by atoms with van der Waals surface area (Å²) in [6.07, 6.45) is 0.204. The zero-order valence-corrected chi connectivity index (χ0v) is 16.0. The van der Waals surface area contributed by atoms with Crippen LogP contribution in [0.4, 0.5) is 4.39 Å². The van der Waals surface area contributed by atoms with Crippen molar-refractivity contribution in [1.82, 2.24) is 10.2 Å². The second kappa shape index (κ2) is 9.91. The Bertz CT molecular complexity index is 735. The Kier molecular flexibility index (Phi) is 7.59. The number of halogens is 2. The van der Waals surface area contributed by atoms with E-state index in [0.717, 1.165) is 4.47 Å². The number of ether oxygens (including phenoxy) is 1. The van der Waals surface area contributed by atoms with E-state index in [1.54, 1.807) is 31.3 Å². The number of rotatable bonds is 8. The summed E-state index contributed by atoms with van der Waals surface area (Å²) in [5, 5.41) is 2.72. The first-order valence-electron chi connectivity index (χ1n) is 8.12. The van der Waals surface area contributed by atoms with E-state index in [2.05, 4.69) is 21.2 Å². The van der Waals surface area contributed by atoms with Gasteiger partial charge in [0.05, 0.1) is 6.54 Å². The molecule has 7 heteroatoms. The predicted octanol–water partition coefficient (Wildman–Crippen LogP) is 3.25. The third-order valence-corrected chi connectivity index (χ3v) is 4.19. The zero-order valence-electron chi connectivity index (χ0n) is 14.4. The monoisotopic (exact) mass is 422 g/mol. The zero-order chi connectivity index (χ0) is 18.9. The average Bonchev–Trinajstić information content (AvgIpc) is 2.63. The first-order valence-corrected chi connectivity index (χ1v) is 8.91. The minimum atomic E-state index is -0.324. The number of likely N-dealkylation sites (N-methyl/N-ethyl adjacent to an activating group) is 1. The van der Waals surface area contributed by atoms with Crippen molar-refractivity contribution in [2.24, 2.45) is 0 Å². The highest BCUT2D eigenvalue weighted by Crippen LogP contribution is 2.11. The van der Waals surface area contributed by atoms with Crippen molar-refractivity contribution in [3.8, 4) is 5.75 Å². The Morgan fingerprint density at radius 3 is 2.42 bits per heavy atom. The van der Waals surface area contributed by atoms with Gasteiger partial charge in [-0.25, -0.2) is 4.39 Å². The molecule has 0 aromatic heterocycles. The van der Waals surface area contributed by atoms with E-state index >= 15 is 0 Å². The van der Waals surface area contributed by atoms with Gasteiger partial charge in [0.25, 0.3) is 5.91 Å². The third-order valence-electron chi connectivity index (χ3n) is 3.67. The minimum absolute atomic E-state index is 0.0937. The number of nitrogens with one attached hydrogen (secondary N) is 1. The van der Waals surface area contributed by atoms with Crippen molar-refractivity contribution in [2.45, 2.75) is 6.42 Å². The van der Waals surface area contributed by atoms with Gasteiger partial charge in [-0.15, -0.1) is 0 Å². The summed E-state index contributed by atoms with van der Waals surface area (Å²) >= 11 is 3.31. The molecule has 0 aliphatic heterocycles. The molecule has 0 spiro atoms. The first kappa shape index (κ1) is 19.9. The van der Waals surface area contributed by atoms with Crippen LogP contribution in [0.1, 0.15) is 16.8 Å². The summed E-state index contributed by atoms with van der Waals surface area (Å²) < 4.78 is 19.2.